The number of amides is 1. The number of anilines is 1. The summed E-state index contributed by atoms with van der Waals surface area (Å²) in [5, 5.41) is 4.34. The van der Waals surface area contributed by atoms with E-state index in [0.29, 0.717) is 38.2 Å². The molecule has 8 nitrogen and oxygen atoms in total. The van der Waals surface area contributed by atoms with Gasteiger partial charge in [-0.25, -0.2) is 23.1 Å². The molecule has 0 N–H and O–H groups in total. The summed E-state index contributed by atoms with van der Waals surface area (Å²) in [6.45, 7) is 3.98. The molecule has 3 aromatic rings. The van der Waals surface area contributed by atoms with Gasteiger partial charge in [-0.05, 0) is 48.6 Å². The van der Waals surface area contributed by atoms with Crippen molar-refractivity contribution in [3.8, 4) is 0 Å². The average Bonchev–Trinajstić information content (AvgIpc) is 3.30. The van der Waals surface area contributed by atoms with Crippen LogP contribution in [0.4, 0.5) is 19.4 Å². The second kappa shape index (κ2) is 9.33. The number of methoxy groups -OCH3 is 1. The third kappa shape index (κ3) is 4.43. The number of Topliss-reactive ketones (excluding diaryl/α,β-unsaturated/α-hetero) is 1. The molecule has 2 aromatic heterocycles. The number of benzene rings is 1. The number of nitrogens with zero attached hydrogens (tertiary/aromatic N) is 5. The molecule has 4 heterocycles. The molecule has 0 bridgehead atoms. The van der Waals surface area contributed by atoms with Crippen molar-refractivity contribution >= 4 is 28.8 Å². The Balaban J connectivity index is 1.26. The van der Waals surface area contributed by atoms with E-state index >= 15 is 0 Å². The van der Waals surface area contributed by atoms with Crippen molar-refractivity contribution in [2.45, 2.75) is 26.2 Å². The van der Waals surface area contributed by atoms with Gasteiger partial charge in [-0.2, -0.15) is 5.10 Å². The fourth-order valence-corrected chi connectivity index (χ4v) is 4.96. The number of aromatic nitrogens is 3. The van der Waals surface area contributed by atoms with Gasteiger partial charge in [0.2, 0.25) is 0 Å². The zero-order valence-electron chi connectivity index (χ0n) is 20.2. The quantitative estimate of drug-likeness (QED) is 0.516. The Morgan fingerprint density at radius 3 is 2.69 bits per heavy atom. The first-order valence-electron chi connectivity index (χ1n) is 11.9. The van der Waals surface area contributed by atoms with E-state index in [2.05, 4.69) is 10.1 Å². The first kappa shape index (κ1) is 23.9. The van der Waals surface area contributed by atoms with Crippen molar-refractivity contribution in [2.24, 2.45) is 5.41 Å². The van der Waals surface area contributed by atoms with Crippen LogP contribution >= 0.6 is 0 Å². The molecule has 5 rings (SSSR count). The smallest absolute Gasteiger partial charge is 0.409 e. The minimum atomic E-state index is -0.628. The minimum absolute atomic E-state index is 0.0474. The molecule has 2 aliphatic heterocycles. The largest absolute Gasteiger partial charge is 0.453 e. The normalized spacial score (nSPS) is 17.1. The van der Waals surface area contributed by atoms with E-state index in [0.717, 1.165) is 28.5 Å². The molecule has 1 saturated heterocycles. The van der Waals surface area contributed by atoms with Gasteiger partial charge >= 0.3 is 6.09 Å². The second-order valence-corrected chi connectivity index (χ2v) is 9.61. The number of hydrogen-bond donors (Lipinski definition) is 0. The van der Waals surface area contributed by atoms with Crippen LogP contribution in [-0.2, 0) is 16.0 Å². The zero-order valence-corrected chi connectivity index (χ0v) is 20.2. The summed E-state index contributed by atoms with van der Waals surface area (Å²) in [7, 11) is 1.38. The van der Waals surface area contributed by atoms with E-state index in [4.69, 9.17) is 4.74 Å². The molecule has 0 atom stereocenters. The Kier molecular flexibility index (Phi) is 6.19. The topological polar surface area (TPSA) is 80.0 Å². The van der Waals surface area contributed by atoms with E-state index in [9.17, 15) is 18.4 Å². The van der Waals surface area contributed by atoms with Crippen molar-refractivity contribution in [2.75, 3.05) is 38.2 Å². The molecule has 1 fully saturated rings. The lowest BCUT2D eigenvalue weighted by atomic mass is 9.76. The van der Waals surface area contributed by atoms with E-state index in [1.54, 1.807) is 9.42 Å². The van der Waals surface area contributed by atoms with Crippen LogP contribution in [0, 0.1) is 17.0 Å². The van der Waals surface area contributed by atoms with Crippen LogP contribution in [0.5, 0.6) is 0 Å². The van der Waals surface area contributed by atoms with Gasteiger partial charge in [0.15, 0.2) is 5.82 Å². The highest BCUT2D eigenvalue weighted by Gasteiger charge is 2.45. The maximum Gasteiger partial charge on any atom is 0.409 e. The van der Waals surface area contributed by atoms with Crippen LogP contribution in [0.1, 0.15) is 30.9 Å². The summed E-state index contributed by atoms with van der Waals surface area (Å²) in [4.78, 5) is 32.9. The number of rotatable bonds is 6. The average molecular weight is 496 g/mol. The van der Waals surface area contributed by atoms with Crippen molar-refractivity contribution < 1.29 is 23.1 Å². The van der Waals surface area contributed by atoms with Crippen molar-refractivity contribution in [3.05, 3.63) is 65.6 Å². The molecule has 0 spiro atoms. The van der Waals surface area contributed by atoms with Gasteiger partial charge in [0.1, 0.15) is 29.3 Å². The number of hydrogen-bond acceptors (Lipinski definition) is 6. The van der Waals surface area contributed by atoms with Crippen LogP contribution in [0.3, 0.4) is 0 Å². The number of halogens is 2. The van der Waals surface area contributed by atoms with Gasteiger partial charge in [-0.1, -0.05) is 12.1 Å². The standard InChI is InChI=1S/C26H27F2N5O3/c1-26(23(34)6-4-18-3-5-20(27)12-21(18)28)14-32(15-26)24-22-11-19(13-33(22)30-16-29-24)17-7-9-31(10-8-17)25(35)36-2/h3,5,7,11-13,16H,4,6,8-10,14-15H2,1-2H3. The fourth-order valence-electron chi connectivity index (χ4n) is 4.96. The minimum Gasteiger partial charge on any atom is -0.453 e. The highest BCUT2D eigenvalue weighted by molar-refractivity contribution is 5.89. The molecule has 188 valence electrons. The van der Waals surface area contributed by atoms with E-state index in [1.165, 1.54) is 25.6 Å². The molecule has 0 aliphatic carbocycles. The number of carbonyl (C=O) groups is 2. The summed E-state index contributed by atoms with van der Waals surface area (Å²) in [5.74, 6) is -0.455. The Morgan fingerprint density at radius 1 is 1.19 bits per heavy atom. The summed E-state index contributed by atoms with van der Waals surface area (Å²) < 4.78 is 33.6. The van der Waals surface area contributed by atoms with Gasteiger partial charge in [-0.3, -0.25) is 4.79 Å². The summed E-state index contributed by atoms with van der Waals surface area (Å²) in [5.41, 5.74) is 2.77. The predicted octanol–water partition coefficient (Wildman–Crippen LogP) is 3.89. The SMILES string of the molecule is COC(=O)N1CC=C(c2cc3c(N4CC(C)(C(=O)CCc5ccc(F)cc5F)C4)ncnn3c2)CC1. The Labute approximate surface area is 207 Å². The Morgan fingerprint density at radius 2 is 2.00 bits per heavy atom. The van der Waals surface area contributed by atoms with Crippen molar-refractivity contribution in [1.29, 1.82) is 0 Å². The third-order valence-corrected chi connectivity index (χ3v) is 7.09. The number of ether oxygens (including phenoxy) is 1. The van der Waals surface area contributed by atoms with Gasteiger partial charge in [0, 0.05) is 44.9 Å². The molecule has 1 aromatic carbocycles. The van der Waals surface area contributed by atoms with Gasteiger partial charge in [0.05, 0.1) is 12.5 Å². The molecular formula is C26H27F2N5O3. The first-order chi connectivity index (χ1) is 17.3. The van der Waals surface area contributed by atoms with Crippen LogP contribution < -0.4 is 4.90 Å². The molecule has 0 saturated carbocycles. The van der Waals surface area contributed by atoms with E-state index in [-0.39, 0.29) is 24.7 Å². The van der Waals surface area contributed by atoms with Crippen LogP contribution in [0.25, 0.3) is 11.1 Å². The zero-order chi connectivity index (χ0) is 25.4. The monoisotopic (exact) mass is 495 g/mol. The maximum absolute atomic E-state index is 13.9. The number of fused-ring (bicyclic) bond motifs is 1. The van der Waals surface area contributed by atoms with Gasteiger partial charge in [-0.15, -0.1) is 0 Å². The van der Waals surface area contributed by atoms with Crippen LogP contribution in [-0.4, -0.2) is 64.7 Å². The van der Waals surface area contributed by atoms with E-state index in [1.807, 2.05) is 30.2 Å². The van der Waals surface area contributed by atoms with Crippen LogP contribution in [0.2, 0.25) is 0 Å². The first-order valence-corrected chi connectivity index (χ1v) is 11.9. The number of aryl methyl sites for hydroxylation is 1. The molecule has 1 amide bonds. The molecule has 0 radical (unpaired) electrons. The highest BCUT2D eigenvalue weighted by atomic mass is 19.1. The maximum atomic E-state index is 13.9. The molecule has 2 aliphatic rings. The van der Waals surface area contributed by atoms with Gasteiger partial charge < -0.3 is 14.5 Å². The lowest BCUT2D eigenvalue weighted by Crippen LogP contribution is -2.59. The fraction of sp³-hybridized carbons (Fsp3) is 0.385. The second-order valence-electron chi connectivity index (χ2n) is 9.61. The summed E-state index contributed by atoms with van der Waals surface area (Å²) in [6, 6.07) is 5.48. The highest BCUT2D eigenvalue weighted by Crippen LogP contribution is 2.37. The van der Waals surface area contributed by atoms with Gasteiger partial charge in [0.25, 0.3) is 0 Å². The molecular weight excluding hydrogens is 468 g/mol. The molecule has 10 heteroatoms. The predicted molar refractivity (Wildman–Crippen MR) is 130 cm³/mol. The lowest BCUT2D eigenvalue weighted by Gasteiger charge is -2.47. The summed E-state index contributed by atoms with van der Waals surface area (Å²) >= 11 is 0. The number of carbonyl (C=O) groups excluding carboxylic acids is 2. The Hall–Kier alpha value is -3.82. The van der Waals surface area contributed by atoms with Crippen molar-refractivity contribution in [3.63, 3.8) is 0 Å². The lowest BCUT2D eigenvalue weighted by molar-refractivity contribution is -0.129. The summed E-state index contributed by atoms with van der Waals surface area (Å²) in [6.07, 6.45) is 6.27. The van der Waals surface area contributed by atoms with Crippen LogP contribution in [0.15, 0.2) is 42.9 Å². The number of ketones is 1. The third-order valence-electron chi connectivity index (χ3n) is 7.09. The Bertz CT molecular complexity index is 1360. The molecule has 36 heavy (non-hydrogen) atoms. The van der Waals surface area contributed by atoms with E-state index < -0.39 is 17.0 Å². The van der Waals surface area contributed by atoms with Crippen molar-refractivity contribution in [1.82, 2.24) is 19.5 Å². The molecule has 0 unspecified atom stereocenters.